The molecule has 3 rings (SSSR count). The zero-order valence-electron chi connectivity index (χ0n) is 13.2. The van der Waals surface area contributed by atoms with Crippen LogP contribution in [0.4, 0.5) is 0 Å². The topological polar surface area (TPSA) is 0 Å². The fourth-order valence-electron chi connectivity index (χ4n) is 3.70. The fraction of sp³-hybridized carbons (Fsp3) is 0.579. The predicted octanol–water partition coefficient (Wildman–Crippen LogP) is 6.67. The molecule has 21 heavy (non-hydrogen) atoms. The summed E-state index contributed by atoms with van der Waals surface area (Å²) in [6, 6.07) is 8.84. The lowest BCUT2D eigenvalue weighted by Crippen LogP contribution is -2.33. The van der Waals surface area contributed by atoms with Gasteiger partial charge in [0.25, 0.3) is 0 Å². The molecule has 1 aromatic heterocycles. The molecular weight excluding hydrogens is 340 g/mol. The minimum atomic E-state index is 0.447. The van der Waals surface area contributed by atoms with Gasteiger partial charge < -0.3 is 0 Å². The van der Waals surface area contributed by atoms with E-state index in [2.05, 4.69) is 66.3 Å². The van der Waals surface area contributed by atoms with E-state index in [1.807, 2.05) is 11.3 Å². The molecule has 0 amide bonds. The first-order valence-electron chi connectivity index (χ1n) is 8.04. The molecule has 1 saturated carbocycles. The van der Waals surface area contributed by atoms with E-state index in [0.29, 0.717) is 10.2 Å². The summed E-state index contributed by atoms with van der Waals surface area (Å²) >= 11 is 5.86. The summed E-state index contributed by atoms with van der Waals surface area (Å²) in [6.45, 7) is 7.22. The van der Waals surface area contributed by atoms with E-state index in [9.17, 15) is 0 Å². The molecular formula is C19H25BrS. The Morgan fingerprint density at radius 3 is 2.71 bits per heavy atom. The highest BCUT2D eigenvalue weighted by Crippen LogP contribution is 2.44. The molecule has 3 unspecified atom stereocenters. The minimum absolute atomic E-state index is 0.447. The summed E-state index contributed by atoms with van der Waals surface area (Å²) in [7, 11) is 0. The number of hydrogen-bond donors (Lipinski definition) is 0. The second-order valence-corrected chi connectivity index (χ2v) is 9.70. The largest absolute Gasteiger partial charge is 0.144 e. The first kappa shape index (κ1) is 15.6. The lowest BCUT2D eigenvalue weighted by Gasteiger charge is -2.40. The molecule has 0 bridgehead atoms. The quantitative estimate of drug-likeness (QED) is 0.521. The van der Waals surface area contributed by atoms with Crippen molar-refractivity contribution in [3.8, 4) is 0 Å². The van der Waals surface area contributed by atoms with Crippen LogP contribution in [-0.4, -0.2) is 4.83 Å². The maximum absolute atomic E-state index is 3.96. The maximum Gasteiger partial charge on any atom is 0.0345 e. The van der Waals surface area contributed by atoms with Gasteiger partial charge in [0.2, 0.25) is 0 Å². The fourth-order valence-corrected chi connectivity index (χ4v) is 5.34. The Bertz CT molecular complexity index is 607. The molecule has 3 atom stereocenters. The Morgan fingerprint density at radius 2 is 1.95 bits per heavy atom. The lowest BCUT2D eigenvalue weighted by atomic mass is 9.68. The van der Waals surface area contributed by atoms with Crippen molar-refractivity contribution < 1.29 is 0 Å². The third kappa shape index (κ3) is 3.37. The predicted molar refractivity (Wildman–Crippen MR) is 98.5 cm³/mol. The zero-order valence-corrected chi connectivity index (χ0v) is 15.6. The van der Waals surface area contributed by atoms with E-state index >= 15 is 0 Å². The van der Waals surface area contributed by atoms with Crippen molar-refractivity contribution in [2.45, 2.75) is 51.3 Å². The summed E-state index contributed by atoms with van der Waals surface area (Å²) in [5.41, 5.74) is 2.00. The molecule has 2 aromatic rings. The van der Waals surface area contributed by atoms with Crippen LogP contribution in [0, 0.1) is 17.3 Å². The van der Waals surface area contributed by atoms with Crippen LogP contribution >= 0.6 is 27.3 Å². The van der Waals surface area contributed by atoms with E-state index < -0.39 is 0 Å². The first-order chi connectivity index (χ1) is 9.95. The van der Waals surface area contributed by atoms with Crippen molar-refractivity contribution >= 4 is 37.4 Å². The number of hydrogen-bond acceptors (Lipinski definition) is 1. The molecule has 0 saturated heterocycles. The Morgan fingerprint density at radius 1 is 1.19 bits per heavy atom. The van der Waals surface area contributed by atoms with Gasteiger partial charge in [-0.05, 0) is 65.3 Å². The van der Waals surface area contributed by atoms with Gasteiger partial charge in [-0.3, -0.25) is 0 Å². The molecule has 2 heteroatoms. The SMILES string of the molecule is CC(C)(C)C1CCC(Br)C(Cc2csc3ccccc23)C1. The van der Waals surface area contributed by atoms with Crippen LogP contribution in [-0.2, 0) is 6.42 Å². The van der Waals surface area contributed by atoms with Gasteiger partial charge in [0, 0.05) is 9.53 Å². The highest BCUT2D eigenvalue weighted by atomic mass is 79.9. The van der Waals surface area contributed by atoms with Crippen LogP contribution in [0.5, 0.6) is 0 Å². The monoisotopic (exact) mass is 364 g/mol. The Balaban J connectivity index is 1.79. The number of halogens is 1. The van der Waals surface area contributed by atoms with Gasteiger partial charge in [0.15, 0.2) is 0 Å². The maximum atomic E-state index is 3.96. The molecule has 0 N–H and O–H groups in total. The Kier molecular flexibility index (Phi) is 4.47. The average molecular weight is 365 g/mol. The van der Waals surface area contributed by atoms with E-state index in [-0.39, 0.29) is 0 Å². The number of rotatable bonds is 2. The third-order valence-corrected chi connectivity index (χ3v) is 7.38. The van der Waals surface area contributed by atoms with Crippen molar-refractivity contribution in [3.05, 3.63) is 35.2 Å². The molecule has 114 valence electrons. The van der Waals surface area contributed by atoms with Gasteiger partial charge in [-0.15, -0.1) is 11.3 Å². The molecule has 0 aliphatic heterocycles. The van der Waals surface area contributed by atoms with Gasteiger partial charge in [0.1, 0.15) is 0 Å². The van der Waals surface area contributed by atoms with E-state index in [1.54, 1.807) is 5.56 Å². The number of benzene rings is 1. The lowest BCUT2D eigenvalue weighted by molar-refractivity contribution is 0.147. The summed E-state index contributed by atoms with van der Waals surface area (Å²) in [5, 5.41) is 3.85. The number of thiophene rings is 1. The second-order valence-electron chi connectivity index (χ2n) is 7.61. The Labute approximate surface area is 141 Å². The standard InChI is InChI=1S/C19H25BrS/c1-19(2,3)15-8-9-17(20)13(11-15)10-14-12-21-18-7-5-4-6-16(14)18/h4-7,12-13,15,17H,8-11H2,1-3H3. The average Bonchev–Trinajstić information content (AvgIpc) is 2.83. The molecule has 1 heterocycles. The van der Waals surface area contributed by atoms with Crippen molar-refractivity contribution in [1.82, 2.24) is 0 Å². The molecule has 1 fully saturated rings. The van der Waals surface area contributed by atoms with Gasteiger partial charge in [-0.25, -0.2) is 0 Å². The normalized spacial score (nSPS) is 27.1. The van der Waals surface area contributed by atoms with Crippen LogP contribution in [0.25, 0.3) is 10.1 Å². The van der Waals surface area contributed by atoms with Crippen molar-refractivity contribution in [3.63, 3.8) is 0 Å². The minimum Gasteiger partial charge on any atom is -0.144 e. The molecule has 1 aliphatic rings. The van der Waals surface area contributed by atoms with Crippen LogP contribution in [0.15, 0.2) is 29.6 Å². The van der Waals surface area contributed by atoms with Crippen LogP contribution < -0.4 is 0 Å². The smallest absolute Gasteiger partial charge is 0.0345 e. The van der Waals surface area contributed by atoms with Crippen LogP contribution in [0.2, 0.25) is 0 Å². The third-order valence-electron chi connectivity index (χ3n) is 5.16. The summed E-state index contributed by atoms with van der Waals surface area (Å²) in [6.07, 6.45) is 5.30. The van der Waals surface area contributed by atoms with E-state index in [1.165, 1.54) is 35.8 Å². The molecule has 1 aliphatic carbocycles. The highest BCUT2D eigenvalue weighted by Gasteiger charge is 2.35. The Hall–Kier alpha value is -0.340. The molecule has 0 radical (unpaired) electrons. The molecule has 0 spiro atoms. The molecule has 1 aromatic carbocycles. The van der Waals surface area contributed by atoms with Gasteiger partial charge >= 0.3 is 0 Å². The summed E-state index contributed by atoms with van der Waals surface area (Å²) in [4.78, 5) is 0.690. The van der Waals surface area contributed by atoms with Gasteiger partial charge in [0.05, 0.1) is 0 Å². The van der Waals surface area contributed by atoms with Crippen molar-refractivity contribution in [2.24, 2.45) is 17.3 Å². The zero-order chi connectivity index (χ0) is 15.0. The number of alkyl halides is 1. The van der Waals surface area contributed by atoms with Gasteiger partial charge in [-0.2, -0.15) is 0 Å². The second kappa shape index (κ2) is 6.04. The highest BCUT2D eigenvalue weighted by molar-refractivity contribution is 9.09. The van der Waals surface area contributed by atoms with Gasteiger partial charge in [-0.1, -0.05) is 54.9 Å². The van der Waals surface area contributed by atoms with E-state index in [0.717, 1.165) is 11.8 Å². The van der Waals surface area contributed by atoms with Crippen molar-refractivity contribution in [2.75, 3.05) is 0 Å². The summed E-state index contributed by atoms with van der Waals surface area (Å²) in [5.74, 6) is 1.64. The van der Waals surface area contributed by atoms with Crippen LogP contribution in [0.3, 0.4) is 0 Å². The van der Waals surface area contributed by atoms with Crippen LogP contribution in [0.1, 0.15) is 45.6 Å². The molecule has 0 nitrogen and oxygen atoms in total. The summed E-state index contributed by atoms with van der Waals surface area (Å²) < 4.78 is 1.43. The van der Waals surface area contributed by atoms with Crippen molar-refractivity contribution in [1.29, 1.82) is 0 Å². The van der Waals surface area contributed by atoms with E-state index in [4.69, 9.17) is 0 Å². The number of fused-ring (bicyclic) bond motifs is 1. The first-order valence-corrected chi connectivity index (χ1v) is 9.84.